The van der Waals surface area contributed by atoms with Crippen molar-refractivity contribution in [3.05, 3.63) is 33.8 Å². The quantitative estimate of drug-likeness (QED) is 0.498. The van der Waals surface area contributed by atoms with Crippen LogP contribution in [0, 0.1) is 6.07 Å². The van der Waals surface area contributed by atoms with Crippen molar-refractivity contribution < 1.29 is 0 Å². The Bertz CT molecular complexity index is 294. The van der Waals surface area contributed by atoms with Gasteiger partial charge in [0.15, 0.2) is 0 Å². The van der Waals surface area contributed by atoms with Crippen molar-refractivity contribution in [1.82, 2.24) is 0 Å². The monoisotopic (exact) mass is 203 g/mol. The first kappa shape index (κ1) is 8.98. The summed E-state index contributed by atoms with van der Waals surface area (Å²) in [6.07, 6.45) is 0. The average molecular weight is 204 g/mol. The lowest BCUT2D eigenvalue weighted by molar-refractivity contribution is 1.63. The van der Waals surface area contributed by atoms with Crippen molar-refractivity contribution in [1.29, 1.82) is 0 Å². The molecule has 0 N–H and O–H groups in total. The van der Waals surface area contributed by atoms with Gasteiger partial charge in [0.25, 0.3) is 0 Å². The molecule has 0 fully saturated rings. The van der Waals surface area contributed by atoms with Gasteiger partial charge in [0.05, 0.1) is 10.0 Å². The minimum Gasteiger partial charge on any atom is -0.0845 e. The molecule has 0 bridgehead atoms. The molecule has 0 heterocycles. The molecule has 0 aliphatic rings. The maximum absolute atomic E-state index is 5.84. The molecule has 1 aromatic carbocycles. The Morgan fingerprint density at radius 1 is 1.55 bits per heavy atom. The zero-order chi connectivity index (χ0) is 8.43. The molecule has 1 aromatic rings. The summed E-state index contributed by atoms with van der Waals surface area (Å²) in [6, 6.07) is 6.31. The van der Waals surface area contributed by atoms with Crippen molar-refractivity contribution in [2.24, 2.45) is 0 Å². The third kappa shape index (κ3) is 1.92. The van der Waals surface area contributed by atoms with Gasteiger partial charge in [-0.05, 0) is 19.1 Å². The Kier molecular flexibility index (Phi) is 2.88. The van der Waals surface area contributed by atoms with E-state index < -0.39 is 0 Å². The Balaban J connectivity index is 3.27. The number of hydrogen-bond donors (Lipinski definition) is 0. The minimum absolute atomic E-state index is 0.488. The molecule has 1 radical (unpaired) electrons. The van der Waals surface area contributed by atoms with E-state index >= 15 is 0 Å². The second kappa shape index (κ2) is 3.53. The molecular weight excluding hydrogens is 199 g/mol. The van der Waals surface area contributed by atoms with Gasteiger partial charge < -0.3 is 0 Å². The molecule has 0 unspecified atom stereocenters. The van der Waals surface area contributed by atoms with Crippen LogP contribution < -0.4 is 0 Å². The van der Waals surface area contributed by atoms with Gasteiger partial charge in [-0.1, -0.05) is 41.5 Å². The predicted molar refractivity (Wildman–Crippen MR) is 52.7 cm³/mol. The summed E-state index contributed by atoms with van der Waals surface area (Å²) in [5.74, 6) is 0. The Morgan fingerprint density at radius 2 is 2.18 bits per heavy atom. The van der Waals surface area contributed by atoms with E-state index in [1.165, 1.54) is 0 Å². The zero-order valence-electron chi connectivity index (χ0n) is 5.82. The molecule has 11 heavy (non-hydrogen) atoms. The van der Waals surface area contributed by atoms with Crippen LogP contribution in [0.25, 0.3) is 0 Å². The third-order valence-corrected chi connectivity index (χ3v) is 2.25. The van der Waals surface area contributed by atoms with E-state index in [1.54, 1.807) is 19.1 Å². The highest BCUT2D eigenvalue weighted by Crippen LogP contribution is 2.25. The second-order valence-corrected chi connectivity index (χ2v) is 3.47. The van der Waals surface area contributed by atoms with Crippen molar-refractivity contribution in [2.75, 3.05) is 0 Å². The third-order valence-electron chi connectivity index (χ3n) is 1.24. The lowest BCUT2D eigenvalue weighted by Gasteiger charge is -2.01. The smallest absolute Gasteiger partial charge is 0.0681 e. The first-order chi connectivity index (χ1) is 5.13. The van der Waals surface area contributed by atoms with Crippen LogP contribution in [-0.4, -0.2) is 4.86 Å². The van der Waals surface area contributed by atoms with Crippen LogP contribution in [0.3, 0.4) is 0 Å². The SMILES string of the molecule is CC(=S)c1[c]ccc(Cl)c1Cl. The van der Waals surface area contributed by atoms with Crippen LogP contribution in [-0.2, 0) is 0 Å². The maximum Gasteiger partial charge on any atom is 0.0681 e. The first-order valence-electron chi connectivity index (χ1n) is 2.99. The van der Waals surface area contributed by atoms with Crippen molar-refractivity contribution in [3.8, 4) is 0 Å². The molecule has 0 amide bonds. The Morgan fingerprint density at radius 3 is 2.64 bits per heavy atom. The lowest BCUT2D eigenvalue weighted by atomic mass is 10.2. The van der Waals surface area contributed by atoms with E-state index in [0.29, 0.717) is 20.5 Å². The van der Waals surface area contributed by atoms with Crippen molar-refractivity contribution >= 4 is 40.3 Å². The summed E-state index contributed by atoms with van der Waals surface area (Å²) in [5.41, 5.74) is 0.717. The Labute approximate surface area is 81.1 Å². The van der Waals surface area contributed by atoms with Crippen LogP contribution in [0.4, 0.5) is 0 Å². The van der Waals surface area contributed by atoms with E-state index in [0.717, 1.165) is 0 Å². The number of rotatable bonds is 1. The van der Waals surface area contributed by atoms with Gasteiger partial charge in [-0.3, -0.25) is 0 Å². The van der Waals surface area contributed by atoms with Gasteiger partial charge >= 0.3 is 0 Å². The topological polar surface area (TPSA) is 0 Å². The zero-order valence-corrected chi connectivity index (χ0v) is 8.15. The molecule has 0 spiro atoms. The van der Waals surface area contributed by atoms with Crippen molar-refractivity contribution in [2.45, 2.75) is 6.92 Å². The molecule has 0 atom stereocenters. The standard InChI is InChI=1S/C8H5Cl2S/c1-5(11)6-3-2-4-7(9)8(6)10/h2,4H,1H3. The fourth-order valence-corrected chi connectivity index (χ4v) is 1.34. The first-order valence-corrected chi connectivity index (χ1v) is 4.16. The van der Waals surface area contributed by atoms with Gasteiger partial charge in [0, 0.05) is 10.4 Å². The van der Waals surface area contributed by atoms with E-state index in [-0.39, 0.29) is 0 Å². The van der Waals surface area contributed by atoms with Crippen LogP contribution in [0.2, 0.25) is 10.0 Å². The van der Waals surface area contributed by atoms with E-state index in [2.05, 4.69) is 6.07 Å². The van der Waals surface area contributed by atoms with Crippen LogP contribution >= 0.6 is 35.4 Å². The highest BCUT2D eigenvalue weighted by molar-refractivity contribution is 7.80. The minimum atomic E-state index is 0.488. The fraction of sp³-hybridized carbons (Fsp3) is 0.125. The van der Waals surface area contributed by atoms with Crippen molar-refractivity contribution in [3.63, 3.8) is 0 Å². The molecule has 0 saturated heterocycles. The number of hydrogen-bond acceptors (Lipinski definition) is 1. The molecule has 0 aliphatic carbocycles. The van der Waals surface area contributed by atoms with Gasteiger partial charge in [0.2, 0.25) is 0 Å². The lowest BCUT2D eigenvalue weighted by Crippen LogP contribution is -1.91. The molecule has 0 nitrogen and oxygen atoms in total. The van der Waals surface area contributed by atoms with Crippen LogP contribution in [0.15, 0.2) is 12.1 Å². The average Bonchev–Trinajstić information content (AvgIpc) is 1.94. The molecule has 1 rings (SSSR count). The van der Waals surface area contributed by atoms with Crippen LogP contribution in [0.1, 0.15) is 12.5 Å². The molecule has 0 saturated carbocycles. The summed E-state index contributed by atoms with van der Waals surface area (Å²) in [5, 5.41) is 1.01. The normalized spacial score (nSPS) is 9.73. The summed E-state index contributed by atoms with van der Waals surface area (Å²) < 4.78 is 0. The summed E-state index contributed by atoms with van der Waals surface area (Å²) in [7, 11) is 0. The summed E-state index contributed by atoms with van der Waals surface area (Å²) in [4.78, 5) is 0.706. The fourth-order valence-electron chi connectivity index (χ4n) is 0.710. The number of benzene rings is 1. The predicted octanol–water partition coefficient (Wildman–Crippen LogP) is 3.53. The highest BCUT2D eigenvalue weighted by Gasteiger charge is 2.04. The second-order valence-electron chi connectivity index (χ2n) is 2.07. The highest BCUT2D eigenvalue weighted by atomic mass is 35.5. The van der Waals surface area contributed by atoms with Gasteiger partial charge in [0.1, 0.15) is 0 Å². The molecule has 0 aromatic heterocycles. The molecule has 57 valence electrons. The molecular formula is C8H5Cl2S. The summed E-state index contributed by atoms with van der Waals surface area (Å²) >= 11 is 16.5. The summed E-state index contributed by atoms with van der Waals surface area (Å²) in [6.45, 7) is 1.80. The number of thiocarbonyl (C=S) groups is 1. The van der Waals surface area contributed by atoms with Gasteiger partial charge in [-0.25, -0.2) is 0 Å². The van der Waals surface area contributed by atoms with E-state index in [4.69, 9.17) is 35.4 Å². The Hall–Kier alpha value is -0.110. The van der Waals surface area contributed by atoms with Gasteiger partial charge in [-0.15, -0.1) is 0 Å². The number of halogens is 2. The van der Waals surface area contributed by atoms with E-state index in [1.807, 2.05) is 0 Å². The molecule has 3 heteroatoms. The van der Waals surface area contributed by atoms with E-state index in [9.17, 15) is 0 Å². The largest absolute Gasteiger partial charge is 0.0845 e. The van der Waals surface area contributed by atoms with Crippen LogP contribution in [0.5, 0.6) is 0 Å². The van der Waals surface area contributed by atoms with Gasteiger partial charge in [-0.2, -0.15) is 0 Å². The maximum atomic E-state index is 5.84. The molecule has 0 aliphatic heterocycles.